The SMILES string of the molecule is COc1c(N2CC3CCCN(C)C3C2)c(F)cc2c(=O)c(C(=O)/C=C/c3ccc(O)cc3)cn(C3CC3)c12. The van der Waals surface area contributed by atoms with Crippen LogP contribution < -0.4 is 15.1 Å². The van der Waals surface area contributed by atoms with E-state index in [-0.39, 0.29) is 22.7 Å². The zero-order chi connectivity index (χ0) is 26.6. The number of methoxy groups -OCH3 is 1. The highest BCUT2D eigenvalue weighted by Gasteiger charge is 2.40. The number of aromatic hydroxyl groups is 1. The number of pyridine rings is 1. The summed E-state index contributed by atoms with van der Waals surface area (Å²) in [4.78, 5) is 31.2. The van der Waals surface area contributed by atoms with Gasteiger partial charge in [0.05, 0.1) is 23.6 Å². The van der Waals surface area contributed by atoms with Crippen LogP contribution in [-0.2, 0) is 0 Å². The number of halogens is 1. The van der Waals surface area contributed by atoms with Gasteiger partial charge < -0.3 is 24.2 Å². The highest BCUT2D eigenvalue weighted by molar-refractivity contribution is 6.08. The molecule has 8 heteroatoms. The molecule has 1 aliphatic carbocycles. The summed E-state index contributed by atoms with van der Waals surface area (Å²) in [5, 5.41) is 9.64. The molecule has 6 rings (SSSR count). The maximum atomic E-state index is 15.9. The molecule has 3 heterocycles. The number of piperidine rings is 1. The molecule has 2 unspecified atom stereocenters. The first-order valence-corrected chi connectivity index (χ1v) is 13.3. The van der Waals surface area contributed by atoms with Gasteiger partial charge in [-0.1, -0.05) is 18.2 Å². The van der Waals surface area contributed by atoms with Crippen molar-refractivity contribution in [3.8, 4) is 11.5 Å². The fourth-order valence-corrected chi connectivity index (χ4v) is 6.18. The normalized spacial score (nSPS) is 21.8. The molecular weight excluding hydrogens is 485 g/mol. The van der Waals surface area contributed by atoms with E-state index in [4.69, 9.17) is 4.74 Å². The molecule has 38 heavy (non-hydrogen) atoms. The van der Waals surface area contributed by atoms with Gasteiger partial charge in [0.25, 0.3) is 0 Å². The van der Waals surface area contributed by atoms with E-state index in [1.807, 2.05) is 4.57 Å². The van der Waals surface area contributed by atoms with Crippen molar-refractivity contribution in [3.63, 3.8) is 0 Å². The van der Waals surface area contributed by atoms with Crippen LogP contribution in [0, 0.1) is 11.7 Å². The Hall–Kier alpha value is -3.65. The molecule has 1 N–H and O–H groups in total. The molecule has 1 aromatic heterocycles. The van der Waals surface area contributed by atoms with Crippen molar-refractivity contribution in [3.05, 3.63) is 69.8 Å². The Kier molecular flexibility index (Phi) is 6.22. The number of aromatic nitrogens is 1. The number of phenolic OH excluding ortho intramolecular Hbond substituents is 1. The summed E-state index contributed by atoms with van der Waals surface area (Å²) in [6, 6.07) is 8.20. The number of phenols is 1. The van der Waals surface area contributed by atoms with Crippen LogP contribution in [0.15, 0.2) is 47.4 Å². The van der Waals surface area contributed by atoms with Crippen LogP contribution in [0.25, 0.3) is 17.0 Å². The van der Waals surface area contributed by atoms with Crippen molar-refractivity contribution in [2.24, 2.45) is 5.92 Å². The van der Waals surface area contributed by atoms with Gasteiger partial charge in [-0.2, -0.15) is 0 Å². The second-order valence-electron chi connectivity index (χ2n) is 10.8. The molecule has 1 saturated carbocycles. The number of allylic oxidation sites excluding steroid dienone is 1. The maximum absolute atomic E-state index is 15.9. The van der Waals surface area contributed by atoms with E-state index in [0.29, 0.717) is 41.0 Å². The predicted molar refractivity (Wildman–Crippen MR) is 146 cm³/mol. The minimum Gasteiger partial charge on any atom is -0.508 e. The van der Waals surface area contributed by atoms with E-state index in [9.17, 15) is 14.7 Å². The van der Waals surface area contributed by atoms with Gasteiger partial charge in [-0.3, -0.25) is 9.59 Å². The molecule has 2 saturated heterocycles. The minimum absolute atomic E-state index is 0.00227. The second kappa shape index (κ2) is 9.58. The summed E-state index contributed by atoms with van der Waals surface area (Å²) in [7, 11) is 3.65. The van der Waals surface area contributed by atoms with Crippen molar-refractivity contribution < 1.29 is 19.0 Å². The average Bonchev–Trinajstić information content (AvgIpc) is 3.66. The molecule has 0 amide bonds. The first-order valence-electron chi connectivity index (χ1n) is 13.3. The lowest BCUT2D eigenvalue weighted by atomic mass is 9.93. The molecular formula is C30H32FN3O4. The van der Waals surface area contributed by atoms with Crippen LogP contribution in [0.3, 0.4) is 0 Å². The molecule has 7 nitrogen and oxygen atoms in total. The van der Waals surface area contributed by atoms with Crippen LogP contribution in [0.5, 0.6) is 11.5 Å². The summed E-state index contributed by atoms with van der Waals surface area (Å²) in [6.07, 6.45) is 8.67. The Labute approximate surface area is 220 Å². The summed E-state index contributed by atoms with van der Waals surface area (Å²) in [5.74, 6) is 0.0164. The topological polar surface area (TPSA) is 75.0 Å². The smallest absolute Gasteiger partial charge is 0.200 e. The number of ether oxygens (including phenoxy) is 1. The first-order chi connectivity index (χ1) is 18.4. The Morgan fingerprint density at radius 2 is 1.92 bits per heavy atom. The molecule has 0 bridgehead atoms. The van der Waals surface area contributed by atoms with E-state index in [0.717, 1.165) is 38.8 Å². The number of carbonyl (C=O) groups excluding carboxylic acids is 1. The van der Waals surface area contributed by atoms with Crippen LogP contribution in [0.2, 0.25) is 0 Å². The number of hydrogen-bond acceptors (Lipinski definition) is 6. The number of benzene rings is 2. The van der Waals surface area contributed by atoms with Crippen LogP contribution in [0.1, 0.15) is 47.6 Å². The van der Waals surface area contributed by atoms with Gasteiger partial charge in [0.1, 0.15) is 11.4 Å². The predicted octanol–water partition coefficient (Wildman–Crippen LogP) is 4.62. The fourth-order valence-electron chi connectivity index (χ4n) is 6.18. The molecule has 3 aromatic rings. The van der Waals surface area contributed by atoms with E-state index in [1.165, 1.54) is 31.4 Å². The van der Waals surface area contributed by atoms with E-state index < -0.39 is 17.0 Å². The number of anilines is 1. The van der Waals surface area contributed by atoms with Gasteiger partial charge in [0, 0.05) is 31.4 Å². The van der Waals surface area contributed by atoms with Gasteiger partial charge in [0.15, 0.2) is 17.3 Å². The number of rotatable bonds is 6. The number of likely N-dealkylation sites (N-methyl/N-ethyl adjacent to an activating group) is 1. The Morgan fingerprint density at radius 3 is 2.61 bits per heavy atom. The minimum atomic E-state index is -0.504. The molecule has 0 spiro atoms. The lowest BCUT2D eigenvalue weighted by Gasteiger charge is -2.33. The highest BCUT2D eigenvalue weighted by atomic mass is 19.1. The third-order valence-electron chi connectivity index (χ3n) is 8.30. The van der Waals surface area contributed by atoms with Gasteiger partial charge in [-0.15, -0.1) is 0 Å². The number of hydrogen-bond donors (Lipinski definition) is 1. The van der Waals surface area contributed by atoms with Crippen molar-refractivity contribution in [1.29, 1.82) is 0 Å². The number of nitrogens with zero attached hydrogens (tertiary/aromatic N) is 3. The highest BCUT2D eigenvalue weighted by Crippen LogP contribution is 2.45. The monoisotopic (exact) mass is 517 g/mol. The third kappa shape index (κ3) is 4.26. The summed E-state index contributed by atoms with van der Waals surface area (Å²) in [5.41, 5.74) is 1.17. The second-order valence-corrected chi connectivity index (χ2v) is 10.8. The van der Waals surface area contributed by atoms with E-state index >= 15 is 4.39 Å². The Morgan fingerprint density at radius 1 is 1.16 bits per heavy atom. The van der Waals surface area contributed by atoms with Crippen LogP contribution in [0.4, 0.5) is 10.1 Å². The summed E-state index contributed by atoms with van der Waals surface area (Å²) < 4.78 is 23.6. The summed E-state index contributed by atoms with van der Waals surface area (Å²) in [6.45, 7) is 2.51. The molecule has 2 aromatic carbocycles. The average molecular weight is 518 g/mol. The quantitative estimate of drug-likeness (QED) is 0.380. The third-order valence-corrected chi connectivity index (χ3v) is 8.30. The van der Waals surface area contributed by atoms with Gasteiger partial charge >= 0.3 is 0 Å². The zero-order valence-electron chi connectivity index (χ0n) is 21.7. The van der Waals surface area contributed by atoms with Crippen LogP contribution in [-0.4, -0.2) is 60.2 Å². The van der Waals surface area contributed by atoms with Gasteiger partial charge in [-0.05, 0) is 75.0 Å². The number of likely N-dealkylation sites (tertiary alicyclic amines) is 1. The van der Waals surface area contributed by atoms with Crippen molar-refractivity contribution in [2.75, 3.05) is 38.7 Å². The number of fused-ring (bicyclic) bond motifs is 2. The standard InChI is InChI=1S/C30H32FN3O4/c1-32-13-3-4-19-15-33(17-25(19)32)28-24(31)14-22-27(30(28)38-2)34(20-8-9-20)16-23(29(22)37)26(36)12-7-18-5-10-21(35)11-6-18/h5-7,10-12,14,16,19-20,25,35H,3-4,8-9,13,15,17H2,1-2H3/b12-7+. The molecule has 198 valence electrons. The van der Waals surface area contributed by atoms with Crippen molar-refractivity contribution in [2.45, 2.75) is 37.8 Å². The number of ketones is 1. The fraction of sp³-hybridized carbons (Fsp3) is 0.400. The largest absolute Gasteiger partial charge is 0.508 e. The number of carbonyl (C=O) groups is 1. The van der Waals surface area contributed by atoms with Crippen molar-refractivity contribution in [1.82, 2.24) is 9.47 Å². The maximum Gasteiger partial charge on any atom is 0.200 e. The molecule has 3 aliphatic rings. The molecule has 2 atom stereocenters. The molecule has 0 radical (unpaired) electrons. The Balaban J connectivity index is 1.44. The van der Waals surface area contributed by atoms with Crippen molar-refractivity contribution >= 4 is 28.4 Å². The van der Waals surface area contributed by atoms with Gasteiger partial charge in [0.2, 0.25) is 5.43 Å². The summed E-state index contributed by atoms with van der Waals surface area (Å²) >= 11 is 0. The molecule has 2 aliphatic heterocycles. The lowest BCUT2D eigenvalue weighted by molar-refractivity contribution is 0.104. The lowest BCUT2D eigenvalue weighted by Crippen LogP contribution is -2.42. The van der Waals surface area contributed by atoms with E-state index in [2.05, 4.69) is 16.8 Å². The Bertz CT molecular complexity index is 1490. The van der Waals surface area contributed by atoms with Gasteiger partial charge in [-0.25, -0.2) is 4.39 Å². The first kappa shape index (κ1) is 24.7. The molecule has 3 fully saturated rings. The van der Waals surface area contributed by atoms with E-state index in [1.54, 1.807) is 24.4 Å². The van der Waals surface area contributed by atoms with Crippen LogP contribution >= 0.6 is 0 Å². The zero-order valence-corrected chi connectivity index (χ0v) is 21.7.